The molecule has 4 aromatic carbocycles. The second kappa shape index (κ2) is 11.1. The highest BCUT2D eigenvalue weighted by atomic mass is 32.1. The van der Waals surface area contributed by atoms with E-state index in [-0.39, 0.29) is 23.1 Å². The van der Waals surface area contributed by atoms with Crippen molar-refractivity contribution in [2.45, 2.75) is 18.9 Å². The van der Waals surface area contributed by atoms with E-state index in [9.17, 15) is 14.5 Å². The third-order valence-electron chi connectivity index (χ3n) is 6.29. The Morgan fingerprint density at radius 3 is 2.03 bits per heavy atom. The van der Waals surface area contributed by atoms with Crippen molar-refractivity contribution in [1.82, 2.24) is 4.57 Å². The van der Waals surface area contributed by atoms with Gasteiger partial charge in [-0.15, -0.1) is 11.3 Å². The number of thiazole rings is 1. The molecule has 37 heavy (non-hydrogen) atoms. The van der Waals surface area contributed by atoms with Crippen molar-refractivity contribution in [3.8, 4) is 11.3 Å². The van der Waals surface area contributed by atoms with Gasteiger partial charge in [-0.05, 0) is 47.4 Å². The first-order valence-electron chi connectivity index (χ1n) is 11.9. The molecule has 5 rings (SSSR count). The van der Waals surface area contributed by atoms with Gasteiger partial charge in [0.1, 0.15) is 11.5 Å². The third-order valence-corrected chi connectivity index (χ3v) is 7.15. The van der Waals surface area contributed by atoms with Crippen LogP contribution in [0.1, 0.15) is 23.5 Å². The zero-order valence-electron chi connectivity index (χ0n) is 19.9. The summed E-state index contributed by atoms with van der Waals surface area (Å²) in [6.07, 6.45) is 0.787. The minimum Gasteiger partial charge on any atom is -0.316 e. The van der Waals surface area contributed by atoms with Crippen LogP contribution in [0.2, 0.25) is 0 Å². The number of para-hydroxylation sites is 1. The van der Waals surface area contributed by atoms with E-state index in [2.05, 4.69) is 33.8 Å². The number of aromatic nitrogens is 1. The Balaban J connectivity index is 1.57. The molecule has 0 aliphatic carbocycles. The Bertz CT molecular complexity index is 1520. The fourth-order valence-corrected chi connectivity index (χ4v) is 5.37. The topological polar surface area (TPSA) is 60.4 Å². The number of nitro benzene ring substituents is 1. The van der Waals surface area contributed by atoms with Crippen LogP contribution in [0.25, 0.3) is 11.3 Å². The summed E-state index contributed by atoms with van der Waals surface area (Å²) in [5, 5.41) is 13.1. The van der Waals surface area contributed by atoms with Gasteiger partial charge in [0.2, 0.25) is 0 Å². The lowest BCUT2D eigenvalue weighted by Gasteiger charge is -2.19. The summed E-state index contributed by atoms with van der Waals surface area (Å²) >= 11 is 1.42. The highest BCUT2D eigenvalue weighted by Crippen LogP contribution is 2.30. The fourth-order valence-electron chi connectivity index (χ4n) is 4.42. The molecule has 0 unspecified atom stereocenters. The van der Waals surface area contributed by atoms with E-state index >= 15 is 0 Å². The number of hydrogen-bond donors (Lipinski definition) is 0. The molecule has 1 aromatic heterocycles. The minimum atomic E-state index is -0.408. The Hall–Kier alpha value is -4.36. The Labute approximate surface area is 218 Å². The van der Waals surface area contributed by atoms with Crippen LogP contribution in [0.15, 0.2) is 120 Å². The standard InChI is InChI=1S/C30H24FN3O2S/c31-27-13-7-8-14-28(27)32-30-33(29(21-37-30)24-15-17-25(18-16-24)34(35)36)20-19-26(22-9-3-1-4-10-22)23-11-5-2-6-12-23/h1-18,21,26H,19-20H2. The van der Waals surface area contributed by atoms with E-state index in [0.29, 0.717) is 11.3 Å². The quantitative estimate of drug-likeness (QED) is 0.159. The summed E-state index contributed by atoms with van der Waals surface area (Å²) in [4.78, 5) is 16.1. The first-order chi connectivity index (χ1) is 18.1. The van der Waals surface area contributed by atoms with Gasteiger partial charge in [0.05, 0.1) is 10.6 Å². The summed E-state index contributed by atoms with van der Waals surface area (Å²) in [6.45, 7) is 0.623. The number of rotatable bonds is 8. The van der Waals surface area contributed by atoms with Crippen LogP contribution < -0.4 is 4.80 Å². The molecule has 0 saturated carbocycles. The molecule has 1 heterocycles. The van der Waals surface area contributed by atoms with Crippen LogP contribution in [0.3, 0.4) is 0 Å². The van der Waals surface area contributed by atoms with Crippen LogP contribution in [0.5, 0.6) is 0 Å². The van der Waals surface area contributed by atoms with Crippen molar-refractivity contribution in [2.24, 2.45) is 4.99 Å². The minimum absolute atomic E-state index is 0.0371. The second-order valence-electron chi connectivity index (χ2n) is 8.58. The van der Waals surface area contributed by atoms with E-state index in [4.69, 9.17) is 0 Å². The number of halogens is 1. The lowest BCUT2D eigenvalue weighted by molar-refractivity contribution is -0.384. The first-order valence-corrected chi connectivity index (χ1v) is 12.8. The molecule has 0 saturated heterocycles. The van der Waals surface area contributed by atoms with Crippen molar-refractivity contribution in [3.05, 3.63) is 146 Å². The average molecular weight is 510 g/mol. The molecule has 7 heteroatoms. The predicted molar refractivity (Wildman–Crippen MR) is 145 cm³/mol. The second-order valence-corrected chi connectivity index (χ2v) is 9.42. The molecule has 0 atom stereocenters. The monoisotopic (exact) mass is 509 g/mol. The zero-order valence-corrected chi connectivity index (χ0v) is 20.7. The highest BCUT2D eigenvalue weighted by molar-refractivity contribution is 7.07. The third kappa shape index (κ3) is 5.57. The van der Waals surface area contributed by atoms with Gasteiger partial charge in [0.15, 0.2) is 4.80 Å². The molecule has 0 spiro atoms. The van der Waals surface area contributed by atoms with Crippen molar-refractivity contribution < 1.29 is 9.31 Å². The number of nitrogens with zero attached hydrogens (tertiary/aromatic N) is 3. The normalized spacial score (nSPS) is 11.7. The van der Waals surface area contributed by atoms with Crippen molar-refractivity contribution in [2.75, 3.05) is 0 Å². The van der Waals surface area contributed by atoms with E-state index in [1.807, 2.05) is 41.8 Å². The maximum Gasteiger partial charge on any atom is 0.269 e. The fraction of sp³-hybridized carbons (Fsp3) is 0.100. The smallest absolute Gasteiger partial charge is 0.269 e. The lowest BCUT2D eigenvalue weighted by Crippen LogP contribution is -2.18. The zero-order chi connectivity index (χ0) is 25.6. The van der Waals surface area contributed by atoms with Crippen LogP contribution in [-0.4, -0.2) is 9.49 Å². The van der Waals surface area contributed by atoms with Gasteiger partial charge >= 0.3 is 0 Å². The Morgan fingerprint density at radius 2 is 1.43 bits per heavy atom. The van der Waals surface area contributed by atoms with E-state index in [0.717, 1.165) is 17.7 Å². The molecule has 0 fully saturated rings. The van der Waals surface area contributed by atoms with Gasteiger partial charge in [0.25, 0.3) is 5.69 Å². The maximum absolute atomic E-state index is 14.5. The highest BCUT2D eigenvalue weighted by Gasteiger charge is 2.17. The van der Waals surface area contributed by atoms with E-state index in [1.165, 1.54) is 40.7 Å². The molecular formula is C30H24FN3O2S. The van der Waals surface area contributed by atoms with Gasteiger partial charge in [-0.25, -0.2) is 9.38 Å². The van der Waals surface area contributed by atoms with Gasteiger partial charge < -0.3 is 4.57 Å². The summed E-state index contributed by atoms with van der Waals surface area (Å²) in [7, 11) is 0. The maximum atomic E-state index is 14.5. The molecule has 5 aromatic rings. The van der Waals surface area contributed by atoms with Gasteiger partial charge in [-0.3, -0.25) is 10.1 Å². The van der Waals surface area contributed by atoms with E-state index in [1.54, 1.807) is 30.3 Å². The van der Waals surface area contributed by atoms with Crippen molar-refractivity contribution in [1.29, 1.82) is 0 Å². The van der Waals surface area contributed by atoms with Crippen LogP contribution >= 0.6 is 11.3 Å². The summed E-state index contributed by atoms with van der Waals surface area (Å²) in [5.41, 5.74) is 4.47. The molecule has 0 aliphatic heterocycles. The van der Waals surface area contributed by atoms with Crippen LogP contribution in [0.4, 0.5) is 15.8 Å². The molecule has 0 radical (unpaired) electrons. The molecule has 184 valence electrons. The van der Waals surface area contributed by atoms with Gasteiger partial charge in [-0.1, -0.05) is 72.8 Å². The van der Waals surface area contributed by atoms with Gasteiger partial charge in [-0.2, -0.15) is 0 Å². The number of non-ortho nitro benzene ring substituents is 1. The van der Waals surface area contributed by atoms with Crippen LogP contribution in [0, 0.1) is 15.9 Å². The first kappa shape index (κ1) is 24.3. The summed E-state index contributed by atoms with van der Waals surface area (Å²) < 4.78 is 16.5. The predicted octanol–water partition coefficient (Wildman–Crippen LogP) is 7.72. The van der Waals surface area contributed by atoms with Crippen molar-refractivity contribution >= 4 is 22.7 Å². The molecule has 0 bridgehead atoms. The van der Waals surface area contributed by atoms with Crippen LogP contribution in [-0.2, 0) is 6.54 Å². The van der Waals surface area contributed by atoms with E-state index < -0.39 is 4.92 Å². The largest absolute Gasteiger partial charge is 0.316 e. The number of benzene rings is 4. The number of nitro groups is 1. The Kier molecular flexibility index (Phi) is 7.33. The molecule has 0 amide bonds. The van der Waals surface area contributed by atoms with Gasteiger partial charge in [0, 0.05) is 30.0 Å². The number of hydrogen-bond acceptors (Lipinski definition) is 4. The SMILES string of the molecule is O=[N+]([O-])c1ccc(-c2csc(=Nc3ccccc3F)n2CCC(c2ccccc2)c2ccccc2)cc1. The summed E-state index contributed by atoms with van der Waals surface area (Å²) in [5.74, 6) is -0.230. The Morgan fingerprint density at radius 1 is 0.838 bits per heavy atom. The summed E-state index contributed by atoms with van der Waals surface area (Å²) in [6, 6.07) is 33.7. The molecule has 5 nitrogen and oxygen atoms in total. The average Bonchev–Trinajstić information content (AvgIpc) is 3.33. The molecular weight excluding hydrogens is 485 g/mol. The lowest BCUT2D eigenvalue weighted by atomic mass is 9.88. The van der Waals surface area contributed by atoms with Crippen molar-refractivity contribution in [3.63, 3.8) is 0 Å². The molecule has 0 N–H and O–H groups in total. The molecule has 0 aliphatic rings.